The lowest BCUT2D eigenvalue weighted by Gasteiger charge is -2.28. The van der Waals surface area contributed by atoms with Gasteiger partial charge in [0.25, 0.3) is 0 Å². The standard InChI is InChI=1S/C19H23NO5/c1-21-16-10-15-14(18(23-3)19(16)24-4)9-12(11-25-15)8-13-6-5-7-17(20-13)22-2/h5-7,10,12H,8-9,11H2,1-4H3. The van der Waals surface area contributed by atoms with Gasteiger partial charge in [-0.2, -0.15) is 0 Å². The van der Waals surface area contributed by atoms with Crippen molar-refractivity contribution in [1.29, 1.82) is 0 Å². The van der Waals surface area contributed by atoms with Crippen molar-refractivity contribution in [3.8, 4) is 28.9 Å². The Morgan fingerprint density at radius 1 is 1.04 bits per heavy atom. The molecule has 0 fully saturated rings. The average Bonchev–Trinajstić information content (AvgIpc) is 2.66. The van der Waals surface area contributed by atoms with Crippen molar-refractivity contribution in [3.05, 3.63) is 35.5 Å². The molecule has 1 aliphatic heterocycles. The van der Waals surface area contributed by atoms with Crippen LogP contribution in [-0.4, -0.2) is 40.0 Å². The molecule has 25 heavy (non-hydrogen) atoms. The van der Waals surface area contributed by atoms with E-state index in [9.17, 15) is 0 Å². The molecule has 134 valence electrons. The van der Waals surface area contributed by atoms with E-state index in [-0.39, 0.29) is 0 Å². The van der Waals surface area contributed by atoms with E-state index < -0.39 is 0 Å². The topological polar surface area (TPSA) is 59.0 Å². The molecule has 6 nitrogen and oxygen atoms in total. The number of benzene rings is 1. The Balaban J connectivity index is 1.87. The predicted molar refractivity (Wildman–Crippen MR) is 93.3 cm³/mol. The summed E-state index contributed by atoms with van der Waals surface area (Å²) in [7, 11) is 6.46. The van der Waals surface area contributed by atoms with Gasteiger partial charge in [-0.25, -0.2) is 4.98 Å². The van der Waals surface area contributed by atoms with Gasteiger partial charge in [-0.05, 0) is 18.9 Å². The van der Waals surface area contributed by atoms with Crippen LogP contribution >= 0.6 is 0 Å². The highest BCUT2D eigenvalue weighted by Crippen LogP contribution is 2.47. The Labute approximate surface area is 147 Å². The third-order valence-electron chi connectivity index (χ3n) is 4.35. The fraction of sp³-hybridized carbons (Fsp3) is 0.421. The molecule has 1 aromatic carbocycles. The molecule has 0 amide bonds. The number of rotatable bonds is 6. The Morgan fingerprint density at radius 3 is 2.52 bits per heavy atom. The first kappa shape index (κ1) is 17.2. The number of hydrogen-bond donors (Lipinski definition) is 0. The van der Waals surface area contributed by atoms with Crippen LogP contribution < -0.4 is 23.7 Å². The van der Waals surface area contributed by atoms with Crippen LogP contribution in [0.4, 0.5) is 0 Å². The molecule has 0 saturated carbocycles. The average molecular weight is 345 g/mol. The quantitative estimate of drug-likeness (QED) is 0.802. The fourth-order valence-electron chi connectivity index (χ4n) is 3.18. The summed E-state index contributed by atoms with van der Waals surface area (Å²) >= 11 is 0. The second-order valence-electron chi connectivity index (χ2n) is 5.88. The maximum absolute atomic E-state index is 5.97. The summed E-state index contributed by atoms with van der Waals surface area (Å²) in [5, 5.41) is 0. The van der Waals surface area contributed by atoms with Gasteiger partial charge in [0.2, 0.25) is 11.6 Å². The van der Waals surface area contributed by atoms with Gasteiger partial charge in [0.15, 0.2) is 11.5 Å². The molecule has 0 radical (unpaired) electrons. The highest BCUT2D eigenvalue weighted by molar-refractivity contribution is 5.62. The molecule has 0 saturated heterocycles. The summed E-state index contributed by atoms with van der Waals surface area (Å²) in [6, 6.07) is 7.66. The lowest BCUT2D eigenvalue weighted by molar-refractivity contribution is 0.212. The SMILES string of the molecule is COc1cccc(CC2COc3cc(OC)c(OC)c(OC)c3C2)n1. The van der Waals surface area contributed by atoms with E-state index >= 15 is 0 Å². The lowest BCUT2D eigenvalue weighted by Crippen LogP contribution is -2.24. The Kier molecular flexibility index (Phi) is 5.16. The molecule has 2 aromatic rings. The summed E-state index contributed by atoms with van der Waals surface area (Å²) in [5.74, 6) is 3.56. The van der Waals surface area contributed by atoms with Gasteiger partial charge in [-0.1, -0.05) is 6.07 Å². The second-order valence-corrected chi connectivity index (χ2v) is 5.88. The van der Waals surface area contributed by atoms with Gasteiger partial charge < -0.3 is 23.7 Å². The normalized spacial score (nSPS) is 15.8. The molecule has 0 bridgehead atoms. The molecular weight excluding hydrogens is 322 g/mol. The summed E-state index contributed by atoms with van der Waals surface area (Å²) in [4.78, 5) is 4.49. The van der Waals surface area contributed by atoms with Crippen LogP contribution in [0.3, 0.4) is 0 Å². The summed E-state index contributed by atoms with van der Waals surface area (Å²) in [6.07, 6.45) is 1.62. The fourth-order valence-corrected chi connectivity index (χ4v) is 3.18. The lowest BCUT2D eigenvalue weighted by atomic mass is 9.91. The number of pyridine rings is 1. The molecule has 3 rings (SSSR count). The minimum Gasteiger partial charge on any atom is -0.493 e. The maximum atomic E-state index is 5.97. The van der Waals surface area contributed by atoms with Gasteiger partial charge in [0.05, 0.1) is 35.0 Å². The zero-order valence-electron chi connectivity index (χ0n) is 15.0. The van der Waals surface area contributed by atoms with Crippen LogP contribution in [0.2, 0.25) is 0 Å². The third-order valence-corrected chi connectivity index (χ3v) is 4.35. The summed E-state index contributed by atoms with van der Waals surface area (Å²) in [5.41, 5.74) is 1.98. The molecule has 0 spiro atoms. The maximum Gasteiger partial charge on any atom is 0.213 e. The Morgan fingerprint density at radius 2 is 1.84 bits per heavy atom. The second kappa shape index (κ2) is 7.51. The van der Waals surface area contributed by atoms with E-state index in [1.165, 1.54) is 0 Å². The molecular formula is C19H23NO5. The van der Waals surface area contributed by atoms with Crippen molar-refractivity contribution in [1.82, 2.24) is 4.98 Å². The molecule has 1 unspecified atom stereocenters. The number of methoxy groups -OCH3 is 4. The largest absolute Gasteiger partial charge is 0.493 e. The number of fused-ring (bicyclic) bond motifs is 1. The van der Waals surface area contributed by atoms with E-state index in [4.69, 9.17) is 23.7 Å². The number of ether oxygens (including phenoxy) is 5. The molecule has 0 N–H and O–H groups in total. The van der Waals surface area contributed by atoms with Crippen LogP contribution in [0.15, 0.2) is 24.3 Å². The van der Waals surface area contributed by atoms with Crippen LogP contribution in [0.1, 0.15) is 11.3 Å². The minimum absolute atomic E-state index is 0.291. The first-order valence-corrected chi connectivity index (χ1v) is 8.14. The highest BCUT2D eigenvalue weighted by Gasteiger charge is 2.28. The predicted octanol–water partition coefficient (Wildman–Crippen LogP) is 2.91. The van der Waals surface area contributed by atoms with E-state index in [0.29, 0.717) is 35.7 Å². The molecule has 1 aliphatic rings. The third kappa shape index (κ3) is 3.43. The first-order valence-electron chi connectivity index (χ1n) is 8.14. The molecule has 2 heterocycles. The van der Waals surface area contributed by atoms with E-state index in [2.05, 4.69) is 4.98 Å². The zero-order chi connectivity index (χ0) is 17.8. The van der Waals surface area contributed by atoms with Crippen molar-refractivity contribution in [2.45, 2.75) is 12.8 Å². The van der Waals surface area contributed by atoms with Crippen molar-refractivity contribution < 1.29 is 23.7 Å². The Hall–Kier alpha value is -2.63. The minimum atomic E-state index is 0.291. The Bertz CT molecular complexity index is 747. The van der Waals surface area contributed by atoms with Crippen LogP contribution in [0.5, 0.6) is 28.9 Å². The van der Waals surface area contributed by atoms with Crippen molar-refractivity contribution in [3.63, 3.8) is 0 Å². The van der Waals surface area contributed by atoms with Crippen molar-refractivity contribution >= 4 is 0 Å². The number of hydrogen-bond acceptors (Lipinski definition) is 6. The highest BCUT2D eigenvalue weighted by atomic mass is 16.5. The molecule has 0 aliphatic carbocycles. The zero-order valence-corrected chi connectivity index (χ0v) is 15.0. The molecule has 6 heteroatoms. The molecule has 1 atom stereocenters. The number of aromatic nitrogens is 1. The summed E-state index contributed by atoms with van der Waals surface area (Å²) in [6.45, 7) is 0.616. The van der Waals surface area contributed by atoms with Crippen molar-refractivity contribution in [2.75, 3.05) is 35.0 Å². The number of nitrogens with zero attached hydrogens (tertiary/aromatic N) is 1. The van der Waals surface area contributed by atoms with Crippen LogP contribution in [0.25, 0.3) is 0 Å². The monoisotopic (exact) mass is 345 g/mol. The van der Waals surface area contributed by atoms with Gasteiger partial charge in [0.1, 0.15) is 5.75 Å². The van der Waals surface area contributed by atoms with E-state index in [1.54, 1.807) is 28.4 Å². The van der Waals surface area contributed by atoms with Gasteiger partial charge >= 0.3 is 0 Å². The van der Waals surface area contributed by atoms with E-state index in [1.807, 2.05) is 24.3 Å². The van der Waals surface area contributed by atoms with Crippen LogP contribution in [0, 0.1) is 5.92 Å². The molecule has 1 aromatic heterocycles. The van der Waals surface area contributed by atoms with Crippen molar-refractivity contribution in [2.24, 2.45) is 5.92 Å². The van der Waals surface area contributed by atoms with Gasteiger partial charge in [0, 0.05) is 29.3 Å². The van der Waals surface area contributed by atoms with Crippen LogP contribution in [-0.2, 0) is 12.8 Å². The van der Waals surface area contributed by atoms with Gasteiger partial charge in [-0.15, -0.1) is 0 Å². The smallest absolute Gasteiger partial charge is 0.213 e. The first-order chi connectivity index (χ1) is 12.2. The van der Waals surface area contributed by atoms with E-state index in [0.717, 1.165) is 29.8 Å². The summed E-state index contributed by atoms with van der Waals surface area (Å²) < 4.78 is 27.6. The van der Waals surface area contributed by atoms with Gasteiger partial charge in [-0.3, -0.25) is 0 Å².